The molecule has 0 N–H and O–H groups in total. The number of aryl methyl sites for hydroxylation is 2. The number of likely N-dealkylation sites (tertiary alicyclic amines) is 1. The van der Waals surface area contributed by atoms with E-state index in [2.05, 4.69) is 35.1 Å². The molecule has 0 radical (unpaired) electrons. The van der Waals surface area contributed by atoms with Crippen molar-refractivity contribution in [3.05, 3.63) is 77.3 Å². The van der Waals surface area contributed by atoms with Crippen LogP contribution in [0.25, 0.3) is 0 Å². The molecule has 3 aromatic rings. The summed E-state index contributed by atoms with van der Waals surface area (Å²) < 4.78 is 20.6. The number of hydrogen-bond donors (Lipinski definition) is 0. The minimum Gasteiger partial charge on any atom is -0.472 e. The highest BCUT2D eigenvalue weighted by Crippen LogP contribution is 2.28. The summed E-state index contributed by atoms with van der Waals surface area (Å²) in [6.45, 7) is 6.09. The van der Waals surface area contributed by atoms with Gasteiger partial charge in [-0.05, 0) is 76.0 Å². The van der Waals surface area contributed by atoms with Gasteiger partial charge in [0, 0.05) is 43.5 Å². The largest absolute Gasteiger partial charge is 0.472 e. The van der Waals surface area contributed by atoms with Crippen molar-refractivity contribution >= 4 is 0 Å². The Morgan fingerprint density at radius 1 is 1.16 bits per heavy atom. The number of benzene rings is 1. The van der Waals surface area contributed by atoms with Crippen LogP contribution in [0.3, 0.4) is 0 Å². The SMILES string of the molecule is Cc1nn(C)cc1CN(C)C(Cc1ccc(F)cc1)C1CCN(Cc2ccoc2)CC1. The first-order valence-corrected chi connectivity index (χ1v) is 11.1. The van der Waals surface area contributed by atoms with Crippen LogP contribution >= 0.6 is 0 Å². The molecule has 0 amide bonds. The normalized spacial score (nSPS) is 16.8. The smallest absolute Gasteiger partial charge is 0.123 e. The van der Waals surface area contributed by atoms with Crippen LogP contribution in [-0.4, -0.2) is 45.8 Å². The van der Waals surface area contributed by atoms with Crippen molar-refractivity contribution in [2.45, 2.75) is 45.3 Å². The zero-order valence-electron chi connectivity index (χ0n) is 18.8. The fraction of sp³-hybridized carbons (Fsp3) is 0.480. The second-order valence-corrected chi connectivity index (χ2v) is 8.97. The number of nitrogens with zero attached hydrogens (tertiary/aromatic N) is 4. The Balaban J connectivity index is 1.45. The van der Waals surface area contributed by atoms with Crippen LogP contribution in [0.1, 0.15) is 35.2 Å². The summed E-state index contributed by atoms with van der Waals surface area (Å²) in [7, 11) is 4.20. The molecule has 1 saturated heterocycles. The zero-order chi connectivity index (χ0) is 21.8. The number of hydrogen-bond acceptors (Lipinski definition) is 4. The lowest BCUT2D eigenvalue weighted by atomic mass is 9.84. The molecule has 166 valence electrons. The van der Waals surface area contributed by atoms with Crippen LogP contribution in [0.5, 0.6) is 0 Å². The lowest BCUT2D eigenvalue weighted by Crippen LogP contribution is -2.45. The Kier molecular flexibility index (Phi) is 6.88. The summed E-state index contributed by atoms with van der Waals surface area (Å²) in [5.74, 6) is 0.430. The van der Waals surface area contributed by atoms with E-state index in [1.807, 2.05) is 36.2 Å². The molecule has 5 nitrogen and oxygen atoms in total. The first kappa shape index (κ1) is 21.8. The van der Waals surface area contributed by atoms with E-state index < -0.39 is 0 Å². The van der Waals surface area contributed by atoms with Gasteiger partial charge in [0.15, 0.2) is 0 Å². The van der Waals surface area contributed by atoms with Gasteiger partial charge < -0.3 is 4.42 Å². The van der Waals surface area contributed by atoms with Gasteiger partial charge in [-0.3, -0.25) is 14.5 Å². The van der Waals surface area contributed by atoms with Crippen LogP contribution in [0.15, 0.2) is 53.5 Å². The summed E-state index contributed by atoms with van der Waals surface area (Å²) >= 11 is 0. The highest BCUT2D eigenvalue weighted by molar-refractivity contribution is 5.19. The van der Waals surface area contributed by atoms with Crippen molar-refractivity contribution in [1.82, 2.24) is 19.6 Å². The molecule has 0 aliphatic carbocycles. The summed E-state index contributed by atoms with van der Waals surface area (Å²) in [6.07, 6.45) is 8.97. The molecule has 0 saturated carbocycles. The fourth-order valence-corrected chi connectivity index (χ4v) is 4.87. The van der Waals surface area contributed by atoms with Crippen LogP contribution in [0.2, 0.25) is 0 Å². The topological polar surface area (TPSA) is 37.4 Å². The predicted octanol–water partition coefficient (Wildman–Crippen LogP) is 4.42. The molecular formula is C25H33FN4O. The van der Waals surface area contributed by atoms with Crippen molar-refractivity contribution in [1.29, 1.82) is 0 Å². The summed E-state index contributed by atoms with van der Waals surface area (Å²) in [5.41, 5.74) is 4.80. The van der Waals surface area contributed by atoms with Gasteiger partial charge in [0.05, 0.1) is 18.2 Å². The Bertz CT molecular complexity index is 943. The van der Waals surface area contributed by atoms with E-state index in [0.717, 1.165) is 38.3 Å². The van der Waals surface area contributed by atoms with Gasteiger partial charge in [-0.15, -0.1) is 0 Å². The summed E-state index contributed by atoms with van der Waals surface area (Å²) in [6, 6.07) is 9.46. The minimum atomic E-state index is -0.174. The van der Waals surface area contributed by atoms with Crippen LogP contribution in [0.4, 0.5) is 4.39 Å². The molecule has 6 heteroatoms. The quantitative estimate of drug-likeness (QED) is 0.537. The predicted molar refractivity (Wildman–Crippen MR) is 120 cm³/mol. The van der Waals surface area contributed by atoms with Crippen molar-refractivity contribution in [3.63, 3.8) is 0 Å². The Morgan fingerprint density at radius 2 is 1.90 bits per heavy atom. The lowest BCUT2D eigenvalue weighted by Gasteiger charge is -2.40. The van der Waals surface area contributed by atoms with Gasteiger partial charge in [-0.25, -0.2) is 4.39 Å². The third kappa shape index (κ3) is 5.63. The summed E-state index contributed by atoms with van der Waals surface area (Å²) in [4.78, 5) is 4.99. The second kappa shape index (κ2) is 9.79. The fourth-order valence-electron chi connectivity index (χ4n) is 4.87. The van der Waals surface area contributed by atoms with Gasteiger partial charge >= 0.3 is 0 Å². The van der Waals surface area contributed by atoms with E-state index in [0.29, 0.717) is 12.0 Å². The van der Waals surface area contributed by atoms with Crippen LogP contribution in [-0.2, 0) is 26.6 Å². The van der Waals surface area contributed by atoms with Crippen molar-refractivity contribution in [2.24, 2.45) is 13.0 Å². The van der Waals surface area contributed by atoms with Crippen molar-refractivity contribution in [2.75, 3.05) is 20.1 Å². The highest BCUT2D eigenvalue weighted by atomic mass is 19.1. The monoisotopic (exact) mass is 424 g/mol. The maximum atomic E-state index is 13.4. The van der Waals surface area contributed by atoms with Gasteiger partial charge in [-0.1, -0.05) is 12.1 Å². The average molecular weight is 425 g/mol. The molecular weight excluding hydrogens is 391 g/mol. The highest BCUT2D eigenvalue weighted by Gasteiger charge is 2.30. The van der Waals surface area contributed by atoms with Crippen molar-refractivity contribution in [3.8, 4) is 0 Å². The van der Waals surface area contributed by atoms with Gasteiger partial charge in [0.2, 0.25) is 0 Å². The molecule has 1 unspecified atom stereocenters. The van der Waals surface area contributed by atoms with Gasteiger partial charge in [0.25, 0.3) is 0 Å². The zero-order valence-corrected chi connectivity index (χ0v) is 18.8. The first-order chi connectivity index (χ1) is 15.0. The molecule has 1 aliphatic rings. The van der Waals surface area contributed by atoms with E-state index in [1.54, 1.807) is 18.4 Å². The molecule has 1 fully saturated rings. The maximum Gasteiger partial charge on any atom is 0.123 e. The number of likely N-dealkylation sites (N-methyl/N-ethyl adjacent to an activating group) is 1. The Labute approximate surface area is 184 Å². The van der Waals surface area contributed by atoms with E-state index >= 15 is 0 Å². The molecule has 1 atom stereocenters. The molecule has 31 heavy (non-hydrogen) atoms. The van der Waals surface area contributed by atoms with Crippen LogP contribution in [0, 0.1) is 18.7 Å². The number of aromatic nitrogens is 2. The van der Waals surface area contributed by atoms with Gasteiger partial charge in [0.1, 0.15) is 5.82 Å². The second-order valence-electron chi connectivity index (χ2n) is 8.97. The van der Waals surface area contributed by atoms with Gasteiger partial charge in [-0.2, -0.15) is 5.10 Å². The molecule has 0 spiro atoms. The number of rotatable bonds is 8. The average Bonchev–Trinajstić information content (AvgIpc) is 3.37. The molecule has 3 heterocycles. The number of furan rings is 1. The van der Waals surface area contributed by atoms with Crippen LogP contribution < -0.4 is 0 Å². The van der Waals surface area contributed by atoms with E-state index in [4.69, 9.17) is 4.42 Å². The first-order valence-electron chi connectivity index (χ1n) is 11.1. The van der Waals surface area contributed by atoms with Crippen molar-refractivity contribution < 1.29 is 8.81 Å². The Hall–Kier alpha value is -2.44. The molecule has 0 bridgehead atoms. The molecule has 4 rings (SSSR count). The molecule has 2 aromatic heterocycles. The number of piperidine rings is 1. The minimum absolute atomic E-state index is 0.174. The maximum absolute atomic E-state index is 13.4. The van der Waals surface area contributed by atoms with E-state index in [1.165, 1.54) is 29.5 Å². The molecule has 1 aliphatic heterocycles. The third-order valence-corrected chi connectivity index (χ3v) is 6.62. The standard InChI is InChI=1S/C25H33FN4O/c1-19-23(17-29(3)27-19)16-28(2)25(14-20-4-6-24(26)7-5-20)22-8-11-30(12-9-22)15-21-10-13-31-18-21/h4-7,10,13,17-18,22,25H,8-9,11-12,14-16H2,1-3H3. The lowest BCUT2D eigenvalue weighted by molar-refractivity contribution is 0.0952. The third-order valence-electron chi connectivity index (χ3n) is 6.62. The number of halogens is 1. The Morgan fingerprint density at radius 3 is 2.52 bits per heavy atom. The van der Waals surface area contributed by atoms with E-state index in [-0.39, 0.29) is 5.82 Å². The van der Waals surface area contributed by atoms with E-state index in [9.17, 15) is 4.39 Å². The molecule has 1 aromatic carbocycles. The summed E-state index contributed by atoms with van der Waals surface area (Å²) in [5, 5.41) is 4.51.